The fourth-order valence-corrected chi connectivity index (χ4v) is 5.73. The molecule has 20 nitrogen and oxygen atoms in total. The number of phenols is 2. The molecule has 11 atom stereocenters. The van der Waals surface area contributed by atoms with Gasteiger partial charge in [0.2, 0.25) is 23.8 Å². The SMILES string of the molecule is C[C@@](O)(CC(=O)O)CC(=O)OC[C@H]1O[C@@H](Oc2c(-c3ccc(O)cc3)oc3cc(O[C@@H]4O[C@@H](CO)[C@@H](O)[C@H](O)[C@H]4O)cc(O)c3c2=O)[C@H](O)[C@H](O)[C@@H]1O. The largest absolute Gasteiger partial charge is 0.508 e. The van der Waals surface area contributed by atoms with E-state index < -0.39 is 127 Å². The number of phenolic OH excluding ortho intramolecular Hbond substituents is 2. The summed E-state index contributed by atoms with van der Waals surface area (Å²) in [5, 5.41) is 111. The number of hydrogen-bond donors (Lipinski definition) is 11. The van der Waals surface area contributed by atoms with Crippen molar-refractivity contribution in [2.24, 2.45) is 0 Å². The molecule has 5 rings (SSSR count). The molecule has 0 amide bonds. The van der Waals surface area contributed by atoms with Gasteiger partial charge in [0.05, 0.1) is 25.0 Å². The Morgan fingerprint density at radius 2 is 1.40 bits per heavy atom. The van der Waals surface area contributed by atoms with Gasteiger partial charge in [0.25, 0.3) is 0 Å². The molecule has 0 unspecified atom stereocenters. The second-order valence-electron chi connectivity index (χ2n) is 12.8. The molecular weight excluding hydrogens is 716 g/mol. The Hall–Kier alpha value is -4.61. The maximum Gasteiger partial charge on any atom is 0.308 e. The van der Waals surface area contributed by atoms with Gasteiger partial charge in [-0.1, -0.05) is 0 Å². The molecular formula is C33H38O20. The van der Waals surface area contributed by atoms with E-state index in [0.717, 1.165) is 19.1 Å². The quantitative estimate of drug-likeness (QED) is 0.0844. The van der Waals surface area contributed by atoms with Gasteiger partial charge in [-0.3, -0.25) is 14.4 Å². The number of carbonyl (C=O) groups excluding carboxylic acids is 1. The van der Waals surface area contributed by atoms with Crippen LogP contribution in [0.1, 0.15) is 19.8 Å². The molecule has 0 radical (unpaired) electrons. The van der Waals surface area contributed by atoms with Gasteiger partial charge in [0.1, 0.15) is 83.7 Å². The monoisotopic (exact) mass is 754 g/mol. The third-order valence-corrected chi connectivity index (χ3v) is 8.50. The second-order valence-corrected chi connectivity index (χ2v) is 12.8. The van der Waals surface area contributed by atoms with Crippen molar-refractivity contribution in [3.63, 3.8) is 0 Å². The molecule has 0 spiro atoms. The highest BCUT2D eigenvalue weighted by molar-refractivity contribution is 5.88. The van der Waals surface area contributed by atoms with Crippen LogP contribution in [-0.2, 0) is 23.8 Å². The van der Waals surface area contributed by atoms with E-state index in [4.69, 9.17) is 33.2 Å². The smallest absolute Gasteiger partial charge is 0.308 e. The molecule has 2 fully saturated rings. The summed E-state index contributed by atoms with van der Waals surface area (Å²) in [4.78, 5) is 37.3. The summed E-state index contributed by atoms with van der Waals surface area (Å²) in [5.41, 5.74) is -3.33. The van der Waals surface area contributed by atoms with E-state index in [1.165, 1.54) is 24.3 Å². The summed E-state index contributed by atoms with van der Waals surface area (Å²) < 4.78 is 33.2. The zero-order valence-corrected chi connectivity index (χ0v) is 27.7. The second kappa shape index (κ2) is 15.8. The van der Waals surface area contributed by atoms with Crippen molar-refractivity contribution in [3.8, 4) is 34.3 Å². The molecule has 53 heavy (non-hydrogen) atoms. The highest BCUT2D eigenvalue weighted by Gasteiger charge is 2.47. The number of rotatable bonds is 12. The van der Waals surface area contributed by atoms with Gasteiger partial charge in [-0.25, -0.2) is 0 Å². The van der Waals surface area contributed by atoms with Gasteiger partial charge in [0, 0.05) is 17.7 Å². The molecule has 0 bridgehead atoms. The van der Waals surface area contributed by atoms with E-state index in [1.54, 1.807) is 0 Å². The van der Waals surface area contributed by atoms with E-state index in [-0.39, 0.29) is 28.4 Å². The summed E-state index contributed by atoms with van der Waals surface area (Å²) in [6.45, 7) is -0.451. The molecule has 11 N–H and O–H groups in total. The van der Waals surface area contributed by atoms with Crippen LogP contribution in [0.2, 0.25) is 0 Å². The Bertz CT molecular complexity index is 1840. The van der Waals surface area contributed by atoms with E-state index in [9.17, 15) is 65.4 Å². The van der Waals surface area contributed by atoms with Gasteiger partial charge in [0.15, 0.2) is 5.76 Å². The summed E-state index contributed by atoms with van der Waals surface area (Å²) in [7, 11) is 0. The highest BCUT2D eigenvalue weighted by atomic mass is 16.7. The van der Waals surface area contributed by atoms with Crippen molar-refractivity contribution in [3.05, 3.63) is 46.6 Å². The van der Waals surface area contributed by atoms with Crippen LogP contribution in [0.15, 0.2) is 45.6 Å². The molecule has 20 heteroatoms. The summed E-state index contributed by atoms with van der Waals surface area (Å²) in [6, 6.07) is 7.07. The number of carboxylic acid groups (broad SMARTS) is 1. The standard InChI is InChI=1S/C33H38O20/c1-33(47,8-19(37)38)9-20(39)48-11-18-23(41)26(44)28(46)32(52-18)53-30-24(42)21-15(36)6-14(49-31-27(45)25(43)22(40)17(10-34)51-31)7-16(21)50-29(30)12-2-4-13(35)5-3-12/h2-7,17-18,22-23,25-28,31-32,34-36,40-41,43-47H,8-11H2,1H3,(H,37,38)/t17-,18+,22+,23+,25-,26+,27+,28+,31+,32-,33+/m0/s1. The Balaban J connectivity index is 1.46. The van der Waals surface area contributed by atoms with Crippen LogP contribution in [0.5, 0.6) is 23.0 Å². The van der Waals surface area contributed by atoms with Crippen LogP contribution in [0.3, 0.4) is 0 Å². The number of carbonyl (C=O) groups is 2. The third-order valence-electron chi connectivity index (χ3n) is 8.50. The van der Waals surface area contributed by atoms with E-state index in [0.29, 0.717) is 0 Å². The predicted molar refractivity (Wildman–Crippen MR) is 171 cm³/mol. The normalized spacial score (nSPS) is 30.0. The van der Waals surface area contributed by atoms with E-state index in [1.807, 2.05) is 0 Å². The van der Waals surface area contributed by atoms with E-state index in [2.05, 4.69) is 0 Å². The minimum absolute atomic E-state index is 0.0846. The minimum Gasteiger partial charge on any atom is -0.508 e. The number of benzene rings is 2. The van der Waals surface area contributed by atoms with Crippen LogP contribution in [0.4, 0.5) is 0 Å². The fourth-order valence-electron chi connectivity index (χ4n) is 5.73. The molecule has 2 aliphatic heterocycles. The average Bonchev–Trinajstić information content (AvgIpc) is 3.08. The lowest BCUT2D eigenvalue weighted by Gasteiger charge is -2.40. The maximum atomic E-state index is 14.0. The molecule has 1 aromatic heterocycles. The van der Waals surface area contributed by atoms with Gasteiger partial charge < -0.3 is 84.3 Å². The van der Waals surface area contributed by atoms with Crippen molar-refractivity contribution in [2.75, 3.05) is 13.2 Å². The molecule has 3 aromatic rings. The highest BCUT2D eigenvalue weighted by Crippen LogP contribution is 2.38. The van der Waals surface area contributed by atoms with Crippen molar-refractivity contribution in [1.82, 2.24) is 0 Å². The number of aromatic hydroxyl groups is 2. The molecule has 0 aliphatic carbocycles. The summed E-state index contributed by atoms with van der Waals surface area (Å²) in [5.74, 6) is -4.82. The van der Waals surface area contributed by atoms with Crippen LogP contribution < -0.4 is 14.9 Å². The molecule has 2 aromatic carbocycles. The zero-order chi connectivity index (χ0) is 38.9. The number of aliphatic carboxylic acids is 1. The maximum absolute atomic E-state index is 14.0. The molecule has 3 heterocycles. The number of aliphatic hydroxyl groups is 8. The Labute approximate surface area is 297 Å². The first-order valence-corrected chi connectivity index (χ1v) is 16.0. The minimum atomic E-state index is -2.04. The number of hydrogen-bond acceptors (Lipinski definition) is 19. The van der Waals surface area contributed by atoms with Gasteiger partial charge >= 0.3 is 11.9 Å². The van der Waals surface area contributed by atoms with Gasteiger partial charge in [-0.2, -0.15) is 0 Å². The van der Waals surface area contributed by atoms with Gasteiger partial charge in [-0.05, 0) is 31.2 Å². The van der Waals surface area contributed by atoms with Crippen molar-refractivity contribution < 1.29 is 93.9 Å². The number of fused-ring (bicyclic) bond motifs is 1. The Kier molecular flexibility index (Phi) is 11.8. The number of carboxylic acids is 1. The Morgan fingerprint density at radius 1 is 0.811 bits per heavy atom. The molecule has 2 saturated heterocycles. The van der Waals surface area contributed by atoms with Crippen LogP contribution in [-0.4, -0.2) is 148 Å². The van der Waals surface area contributed by atoms with Crippen molar-refractivity contribution in [2.45, 2.75) is 86.8 Å². The Morgan fingerprint density at radius 3 is 2.00 bits per heavy atom. The van der Waals surface area contributed by atoms with Crippen LogP contribution >= 0.6 is 0 Å². The van der Waals surface area contributed by atoms with Gasteiger partial charge in [-0.15, -0.1) is 0 Å². The number of ether oxygens (including phenoxy) is 5. The number of esters is 1. The molecule has 290 valence electrons. The molecule has 0 saturated carbocycles. The first-order chi connectivity index (χ1) is 24.9. The zero-order valence-electron chi connectivity index (χ0n) is 27.7. The van der Waals surface area contributed by atoms with E-state index >= 15 is 0 Å². The third kappa shape index (κ3) is 8.63. The topological polar surface area (TPSA) is 333 Å². The van der Waals surface area contributed by atoms with Crippen LogP contribution in [0.25, 0.3) is 22.3 Å². The first kappa shape index (κ1) is 39.6. The molecule has 2 aliphatic rings. The average molecular weight is 755 g/mol. The lowest BCUT2D eigenvalue weighted by molar-refractivity contribution is -0.278. The fraction of sp³-hybridized carbons (Fsp3) is 0.485. The number of aliphatic hydroxyl groups excluding tert-OH is 7. The summed E-state index contributed by atoms with van der Waals surface area (Å²) in [6.07, 6.45) is -19.4. The first-order valence-electron chi connectivity index (χ1n) is 16.0. The van der Waals surface area contributed by atoms with Crippen LogP contribution in [0, 0.1) is 0 Å². The van der Waals surface area contributed by atoms with Crippen molar-refractivity contribution >= 4 is 22.9 Å². The lowest BCUT2D eigenvalue weighted by atomic mass is 9.98. The lowest BCUT2D eigenvalue weighted by Crippen LogP contribution is -2.60. The predicted octanol–water partition coefficient (Wildman–Crippen LogP) is -2.60. The van der Waals surface area contributed by atoms with Crippen molar-refractivity contribution in [1.29, 1.82) is 0 Å². The summed E-state index contributed by atoms with van der Waals surface area (Å²) >= 11 is 0.